The maximum Gasteiger partial charge on any atom is 0.264 e. The number of sulfonamides is 1. The Balaban J connectivity index is 2.08. The van der Waals surface area contributed by atoms with E-state index >= 15 is 0 Å². The summed E-state index contributed by atoms with van der Waals surface area (Å²) in [6.45, 7) is 5.29. The largest absolute Gasteiger partial charge is 0.493 e. The summed E-state index contributed by atoms with van der Waals surface area (Å²) in [4.78, 5) is 28.2. The molecule has 10 heteroatoms. The minimum Gasteiger partial charge on any atom is -0.493 e. The highest BCUT2D eigenvalue weighted by molar-refractivity contribution is 7.92. The molecule has 214 valence electrons. The zero-order valence-corrected chi connectivity index (χ0v) is 24.6. The highest BCUT2D eigenvalue weighted by Crippen LogP contribution is 2.32. The van der Waals surface area contributed by atoms with Gasteiger partial charge in [0.05, 0.1) is 24.8 Å². The Hall–Kier alpha value is -4.05. The number of ether oxygens (including phenoxy) is 2. The van der Waals surface area contributed by atoms with Crippen LogP contribution in [0.3, 0.4) is 0 Å². The number of anilines is 1. The number of methoxy groups -OCH3 is 2. The smallest absolute Gasteiger partial charge is 0.264 e. The van der Waals surface area contributed by atoms with E-state index in [0.29, 0.717) is 17.9 Å². The van der Waals surface area contributed by atoms with Gasteiger partial charge < -0.3 is 19.7 Å². The average Bonchev–Trinajstić information content (AvgIpc) is 2.96. The van der Waals surface area contributed by atoms with Crippen LogP contribution in [0.15, 0.2) is 71.6 Å². The lowest BCUT2D eigenvalue weighted by Crippen LogP contribution is -2.51. The summed E-state index contributed by atoms with van der Waals surface area (Å²) >= 11 is 0. The molecule has 0 spiro atoms. The van der Waals surface area contributed by atoms with Crippen LogP contribution in [-0.2, 0) is 26.2 Å². The van der Waals surface area contributed by atoms with Crippen molar-refractivity contribution in [1.29, 1.82) is 0 Å². The Bertz CT molecular complexity index is 1420. The van der Waals surface area contributed by atoms with E-state index in [1.165, 1.54) is 44.4 Å². The highest BCUT2D eigenvalue weighted by atomic mass is 32.2. The van der Waals surface area contributed by atoms with Crippen molar-refractivity contribution in [3.05, 3.63) is 83.4 Å². The maximum atomic E-state index is 14.0. The number of likely N-dealkylation sites (N-methyl/N-ethyl adjacent to an activating group) is 1. The van der Waals surface area contributed by atoms with Crippen LogP contribution < -0.4 is 19.1 Å². The Labute approximate surface area is 236 Å². The standard InChI is InChI=1S/C30H37N3O6S/c1-7-26(30(35)31-4)32(19-23-12-8-21(2)9-13-23)29(34)20-33(24-14-10-22(3)11-15-24)40(36,37)25-16-17-27(38-5)28(18-25)39-6/h8-18,26H,7,19-20H2,1-6H3,(H,31,35)/t26-/m0/s1. The number of nitrogens with one attached hydrogen (secondary N) is 1. The van der Waals surface area contributed by atoms with Crippen molar-refractivity contribution >= 4 is 27.5 Å². The van der Waals surface area contributed by atoms with Crippen LogP contribution in [0.5, 0.6) is 11.5 Å². The lowest BCUT2D eigenvalue weighted by atomic mass is 10.1. The summed E-state index contributed by atoms with van der Waals surface area (Å²) in [5.74, 6) is -0.223. The number of benzene rings is 3. The van der Waals surface area contributed by atoms with Crippen LogP contribution in [0.1, 0.15) is 30.0 Å². The van der Waals surface area contributed by atoms with E-state index < -0.39 is 28.5 Å². The number of hydrogen-bond donors (Lipinski definition) is 1. The van der Waals surface area contributed by atoms with E-state index in [9.17, 15) is 18.0 Å². The van der Waals surface area contributed by atoms with Gasteiger partial charge in [0.25, 0.3) is 10.0 Å². The number of rotatable bonds is 12. The number of nitrogens with zero attached hydrogens (tertiary/aromatic N) is 2. The first-order chi connectivity index (χ1) is 19.0. The second-order valence-corrected chi connectivity index (χ2v) is 11.3. The minimum absolute atomic E-state index is 0.0676. The van der Waals surface area contributed by atoms with E-state index in [1.54, 1.807) is 24.3 Å². The van der Waals surface area contributed by atoms with Gasteiger partial charge >= 0.3 is 0 Å². The van der Waals surface area contributed by atoms with Gasteiger partial charge in [-0.3, -0.25) is 13.9 Å². The van der Waals surface area contributed by atoms with Gasteiger partial charge in [-0.05, 0) is 50.1 Å². The quantitative estimate of drug-likeness (QED) is 0.354. The van der Waals surface area contributed by atoms with Crippen molar-refractivity contribution in [2.24, 2.45) is 0 Å². The molecule has 0 saturated carbocycles. The van der Waals surface area contributed by atoms with E-state index in [1.807, 2.05) is 45.0 Å². The normalized spacial score (nSPS) is 11.8. The van der Waals surface area contributed by atoms with Crippen LogP contribution in [0.2, 0.25) is 0 Å². The number of carbonyl (C=O) groups excluding carboxylic acids is 2. The summed E-state index contributed by atoms with van der Waals surface area (Å²) < 4.78 is 39.7. The van der Waals surface area contributed by atoms with Crippen molar-refractivity contribution in [2.45, 2.75) is 44.7 Å². The Morgan fingerprint density at radius 1 is 0.875 bits per heavy atom. The van der Waals surface area contributed by atoms with E-state index in [4.69, 9.17) is 9.47 Å². The van der Waals surface area contributed by atoms with Gasteiger partial charge in [-0.15, -0.1) is 0 Å². The molecule has 0 bridgehead atoms. The molecular weight excluding hydrogens is 530 g/mol. The minimum atomic E-state index is -4.24. The third-order valence-corrected chi connectivity index (χ3v) is 8.42. The predicted molar refractivity (Wildman–Crippen MR) is 155 cm³/mol. The van der Waals surface area contributed by atoms with Gasteiger partial charge in [-0.25, -0.2) is 8.42 Å². The molecule has 3 aromatic carbocycles. The van der Waals surface area contributed by atoms with E-state index in [-0.39, 0.29) is 23.1 Å². The SMILES string of the molecule is CC[C@@H](C(=O)NC)N(Cc1ccc(C)cc1)C(=O)CN(c1ccc(C)cc1)S(=O)(=O)c1ccc(OC)c(OC)c1. The summed E-state index contributed by atoms with van der Waals surface area (Å²) in [5.41, 5.74) is 3.14. The molecule has 40 heavy (non-hydrogen) atoms. The number of hydrogen-bond acceptors (Lipinski definition) is 6. The van der Waals surface area contributed by atoms with Crippen LogP contribution in [0.4, 0.5) is 5.69 Å². The van der Waals surface area contributed by atoms with Crippen LogP contribution in [-0.4, -0.2) is 59.0 Å². The summed E-state index contributed by atoms with van der Waals surface area (Å²) in [7, 11) is 0.153. The summed E-state index contributed by atoms with van der Waals surface area (Å²) in [5, 5.41) is 2.63. The van der Waals surface area contributed by atoms with Crippen LogP contribution in [0, 0.1) is 13.8 Å². The fourth-order valence-corrected chi connectivity index (χ4v) is 5.75. The Kier molecular flexibility index (Phi) is 10.2. The molecule has 0 aliphatic heterocycles. The van der Waals surface area contributed by atoms with Gasteiger partial charge in [0, 0.05) is 19.7 Å². The molecule has 3 aromatic rings. The molecule has 0 aromatic heterocycles. The molecule has 0 aliphatic rings. The zero-order chi connectivity index (χ0) is 29.4. The predicted octanol–water partition coefficient (Wildman–Crippen LogP) is 4.07. The molecule has 0 fully saturated rings. The van der Waals surface area contributed by atoms with Crippen molar-refractivity contribution in [3.8, 4) is 11.5 Å². The molecule has 1 N–H and O–H groups in total. The molecule has 0 unspecified atom stereocenters. The first-order valence-electron chi connectivity index (χ1n) is 12.9. The second-order valence-electron chi connectivity index (χ2n) is 9.41. The van der Waals surface area contributed by atoms with Gasteiger partial charge in [-0.1, -0.05) is 54.4 Å². The lowest BCUT2D eigenvalue weighted by Gasteiger charge is -2.33. The van der Waals surface area contributed by atoms with Crippen LogP contribution >= 0.6 is 0 Å². The van der Waals surface area contributed by atoms with Crippen LogP contribution in [0.25, 0.3) is 0 Å². The summed E-state index contributed by atoms with van der Waals surface area (Å²) in [6, 6.07) is 18.0. The molecule has 0 radical (unpaired) electrons. The molecule has 2 amide bonds. The highest BCUT2D eigenvalue weighted by Gasteiger charge is 2.33. The third-order valence-electron chi connectivity index (χ3n) is 6.65. The fourth-order valence-electron chi connectivity index (χ4n) is 4.32. The van der Waals surface area contributed by atoms with Crippen molar-refractivity contribution in [3.63, 3.8) is 0 Å². The number of aryl methyl sites for hydroxylation is 2. The summed E-state index contributed by atoms with van der Waals surface area (Å²) in [6.07, 6.45) is 0.351. The average molecular weight is 568 g/mol. The van der Waals surface area contributed by atoms with Crippen molar-refractivity contribution in [1.82, 2.24) is 10.2 Å². The molecule has 3 rings (SSSR count). The van der Waals surface area contributed by atoms with Gasteiger partial charge in [0.1, 0.15) is 12.6 Å². The molecule has 0 aliphatic carbocycles. The van der Waals surface area contributed by atoms with Gasteiger partial charge in [0.15, 0.2) is 11.5 Å². The molecule has 0 saturated heterocycles. The number of carbonyl (C=O) groups is 2. The van der Waals surface area contributed by atoms with Gasteiger partial charge in [0.2, 0.25) is 11.8 Å². The van der Waals surface area contributed by atoms with Crippen molar-refractivity contribution in [2.75, 3.05) is 32.1 Å². The third kappa shape index (κ3) is 6.93. The van der Waals surface area contributed by atoms with Crippen molar-refractivity contribution < 1.29 is 27.5 Å². The first-order valence-corrected chi connectivity index (χ1v) is 14.4. The topological polar surface area (TPSA) is 105 Å². The monoisotopic (exact) mass is 567 g/mol. The Morgan fingerprint density at radius 2 is 1.45 bits per heavy atom. The fraction of sp³-hybridized carbons (Fsp3) is 0.333. The zero-order valence-electron chi connectivity index (χ0n) is 23.8. The lowest BCUT2D eigenvalue weighted by molar-refractivity contribution is -0.140. The maximum absolute atomic E-state index is 14.0. The first kappa shape index (κ1) is 30.5. The molecule has 9 nitrogen and oxygen atoms in total. The molecule has 0 heterocycles. The second kappa shape index (κ2) is 13.3. The Morgan fingerprint density at radius 3 is 1.98 bits per heavy atom. The molecule has 1 atom stereocenters. The number of amides is 2. The van der Waals surface area contributed by atoms with E-state index in [2.05, 4.69) is 5.32 Å². The molecular formula is C30H37N3O6S. The van der Waals surface area contributed by atoms with Gasteiger partial charge in [-0.2, -0.15) is 0 Å². The van der Waals surface area contributed by atoms with E-state index in [0.717, 1.165) is 21.0 Å².